The Morgan fingerprint density at radius 1 is 1.04 bits per heavy atom. The summed E-state index contributed by atoms with van der Waals surface area (Å²) < 4.78 is 6.04. The van der Waals surface area contributed by atoms with Crippen LogP contribution in [0.1, 0.15) is 49.4 Å². The lowest BCUT2D eigenvalue weighted by atomic mass is 9.50. The summed E-state index contributed by atoms with van der Waals surface area (Å²) in [5.41, 5.74) is 0.520. The zero-order chi connectivity index (χ0) is 16.2. The van der Waals surface area contributed by atoms with Crippen molar-refractivity contribution in [3.8, 4) is 0 Å². The van der Waals surface area contributed by atoms with Gasteiger partial charge in [-0.3, -0.25) is 0 Å². The van der Waals surface area contributed by atoms with Crippen LogP contribution in [0.15, 0.2) is 24.3 Å². The van der Waals surface area contributed by atoms with E-state index in [0.29, 0.717) is 22.9 Å². The number of benzene rings is 1. The summed E-state index contributed by atoms with van der Waals surface area (Å²) in [7, 11) is -1.51. The molecule has 4 nitrogen and oxygen atoms in total. The van der Waals surface area contributed by atoms with Crippen molar-refractivity contribution < 1.29 is 19.6 Å². The Morgan fingerprint density at radius 3 is 2.04 bits per heavy atom. The van der Waals surface area contributed by atoms with E-state index >= 15 is 0 Å². The Labute approximate surface area is 137 Å². The molecule has 23 heavy (non-hydrogen) atoms. The van der Waals surface area contributed by atoms with Crippen LogP contribution < -0.4 is 5.46 Å². The highest BCUT2D eigenvalue weighted by Crippen LogP contribution is 2.59. The maximum atomic E-state index is 12.6. The third kappa shape index (κ3) is 2.50. The van der Waals surface area contributed by atoms with Crippen molar-refractivity contribution in [1.29, 1.82) is 0 Å². The van der Waals surface area contributed by atoms with Crippen LogP contribution in [-0.2, 0) is 4.74 Å². The summed E-state index contributed by atoms with van der Waals surface area (Å²) in [6.45, 7) is 2.13. The van der Waals surface area contributed by atoms with Gasteiger partial charge >= 0.3 is 13.1 Å². The van der Waals surface area contributed by atoms with Crippen LogP contribution in [0.3, 0.4) is 0 Å². The minimum atomic E-state index is -1.51. The summed E-state index contributed by atoms with van der Waals surface area (Å²) >= 11 is 0. The molecule has 0 aliphatic heterocycles. The molecule has 4 fully saturated rings. The van der Waals surface area contributed by atoms with Gasteiger partial charge in [-0.15, -0.1) is 0 Å². The van der Waals surface area contributed by atoms with Crippen LogP contribution in [0.4, 0.5) is 0 Å². The number of carbonyl (C=O) groups excluding carboxylic acids is 1. The maximum Gasteiger partial charge on any atom is 0.488 e. The highest BCUT2D eigenvalue weighted by molar-refractivity contribution is 6.58. The first-order valence-electron chi connectivity index (χ1n) is 8.65. The van der Waals surface area contributed by atoms with Crippen LogP contribution >= 0.6 is 0 Å². The lowest BCUT2D eigenvalue weighted by Crippen LogP contribution is -2.58. The number of esters is 1. The zero-order valence-electron chi connectivity index (χ0n) is 13.4. The maximum absolute atomic E-state index is 12.6. The highest BCUT2D eigenvalue weighted by atomic mass is 16.6. The molecule has 5 rings (SSSR count). The van der Waals surface area contributed by atoms with E-state index in [9.17, 15) is 4.79 Å². The fourth-order valence-corrected chi connectivity index (χ4v) is 5.34. The summed E-state index contributed by atoms with van der Waals surface area (Å²) in [5.74, 6) is 2.39. The smallest absolute Gasteiger partial charge is 0.455 e. The van der Waals surface area contributed by atoms with E-state index in [2.05, 4.69) is 6.92 Å². The summed E-state index contributed by atoms with van der Waals surface area (Å²) in [4.78, 5) is 12.6. The predicted molar refractivity (Wildman–Crippen MR) is 87.1 cm³/mol. The van der Waals surface area contributed by atoms with Crippen molar-refractivity contribution in [2.24, 2.45) is 23.7 Å². The van der Waals surface area contributed by atoms with Crippen LogP contribution in [0, 0.1) is 23.7 Å². The molecule has 0 atom stereocenters. The molecule has 4 bridgehead atoms. The molecule has 4 aliphatic rings. The highest BCUT2D eigenvalue weighted by Gasteiger charge is 2.57. The fourth-order valence-electron chi connectivity index (χ4n) is 5.34. The van der Waals surface area contributed by atoms with Crippen LogP contribution in [0.2, 0.25) is 0 Å². The molecule has 4 aliphatic carbocycles. The number of ether oxygens (including phenoxy) is 1. The zero-order valence-corrected chi connectivity index (χ0v) is 13.4. The Hall–Kier alpha value is -1.33. The molecule has 0 spiro atoms. The van der Waals surface area contributed by atoms with Crippen LogP contribution in [0.5, 0.6) is 0 Å². The van der Waals surface area contributed by atoms with Crippen LogP contribution in [-0.4, -0.2) is 28.7 Å². The first-order chi connectivity index (χ1) is 11.0. The van der Waals surface area contributed by atoms with E-state index in [0.717, 1.165) is 11.8 Å². The van der Waals surface area contributed by atoms with Gasteiger partial charge in [0.15, 0.2) is 0 Å². The third-order valence-corrected chi connectivity index (χ3v) is 6.52. The van der Waals surface area contributed by atoms with Gasteiger partial charge in [-0.05, 0) is 80.3 Å². The summed E-state index contributed by atoms with van der Waals surface area (Å²) in [6.07, 6.45) is 6.18. The van der Waals surface area contributed by atoms with Crippen molar-refractivity contribution in [1.82, 2.24) is 0 Å². The number of rotatable bonds is 3. The number of hydrogen-bond donors (Lipinski definition) is 2. The van der Waals surface area contributed by atoms with Gasteiger partial charge in [0.2, 0.25) is 0 Å². The first-order valence-corrected chi connectivity index (χ1v) is 8.65. The largest absolute Gasteiger partial charge is 0.488 e. The quantitative estimate of drug-likeness (QED) is 0.659. The number of carbonyl (C=O) groups is 1. The van der Waals surface area contributed by atoms with Crippen LogP contribution in [0.25, 0.3) is 0 Å². The second kappa shape index (κ2) is 5.35. The molecule has 1 aromatic rings. The van der Waals surface area contributed by atoms with E-state index in [-0.39, 0.29) is 11.6 Å². The van der Waals surface area contributed by atoms with Crippen molar-refractivity contribution >= 4 is 18.6 Å². The second-order valence-electron chi connectivity index (χ2n) is 7.87. The van der Waals surface area contributed by atoms with Gasteiger partial charge in [-0.1, -0.05) is 12.1 Å². The van der Waals surface area contributed by atoms with Gasteiger partial charge in [-0.25, -0.2) is 4.79 Å². The Bertz CT molecular complexity index is 582. The molecule has 0 saturated heterocycles. The van der Waals surface area contributed by atoms with Gasteiger partial charge in [-0.2, -0.15) is 0 Å². The van der Waals surface area contributed by atoms with E-state index in [1.54, 1.807) is 24.3 Å². The molecule has 2 N–H and O–H groups in total. The Balaban J connectivity index is 1.52. The van der Waals surface area contributed by atoms with Gasteiger partial charge in [0.25, 0.3) is 0 Å². The van der Waals surface area contributed by atoms with Gasteiger partial charge in [0.1, 0.15) is 5.60 Å². The van der Waals surface area contributed by atoms with E-state index < -0.39 is 7.12 Å². The molecule has 4 saturated carbocycles. The lowest BCUT2D eigenvalue weighted by Gasteiger charge is -2.59. The van der Waals surface area contributed by atoms with E-state index in [1.807, 2.05) is 0 Å². The average Bonchev–Trinajstić information content (AvgIpc) is 2.52. The minimum absolute atomic E-state index is 0.293. The lowest BCUT2D eigenvalue weighted by molar-refractivity contribution is -0.165. The third-order valence-electron chi connectivity index (χ3n) is 6.52. The summed E-state index contributed by atoms with van der Waals surface area (Å²) in [5, 5.41) is 18.3. The molecule has 0 amide bonds. The molecule has 0 radical (unpaired) electrons. The monoisotopic (exact) mass is 314 g/mol. The molecule has 0 unspecified atom stereocenters. The predicted octanol–water partition coefficient (Wildman–Crippen LogP) is 1.74. The van der Waals surface area contributed by atoms with Crippen molar-refractivity contribution in [3.63, 3.8) is 0 Å². The SMILES string of the molecule is CC1(OC(=O)c2ccc(B(O)O)cc2)C2CC3CC(C2)CC1C3. The first kappa shape index (κ1) is 15.2. The molecule has 0 aromatic heterocycles. The van der Waals surface area contributed by atoms with E-state index in [4.69, 9.17) is 14.8 Å². The van der Waals surface area contributed by atoms with Crippen molar-refractivity contribution in [3.05, 3.63) is 29.8 Å². The molecular weight excluding hydrogens is 291 g/mol. The molecule has 122 valence electrons. The Morgan fingerprint density at radius 2 is 1.57 bits per heavy atom. The molecular formula is C18H23BO4. The number of hydrogen-bond acceptors (Lipinski definition) is 4. The van der Waals surface area contributed by atoms with Gasteiger partial charge in [0, 0.05) is 0 Å². The molecule has 0 heterocycles. The van der Waals surface area contributed by atoms with Gasteiger partial charge < -0.3 is 14.8 Å². The molecule has 1 aromatic carbocycles. The normalized spacial score (nSPS) is 37.7. The summed E-state index contributed by atoms with van der Waals surface area (Å²) in [6, 6.07) is 6.33. The fraction of sp³-hybridized carbons (Fsp3) is 0.611. The topological polar surface area (TPSA) is 66.8 Å². The molecule has 5 heteroatoms. The van der Waals surface area contributed by atoms with E-state index in [1.165, 1.54) is 32.1 Å². The van der Waals surface area contributed by atoms with Crippen molar-refractivity contribution in [2.45, 2.75) is 44.6 Å². The standard InChI is InChI=1S/C18H23BO4/c1-18(14-7-11-6-12(9-14)10-15(18)8-11)23-17(20)13-2-4-16(5-3-13)19(21)22/h2-5,11-12,14-15,21-22H,6-10H2,1H3. The second-order valence-corrected chi connectivity index (χ2v) is 7.87. The van der Waals surface area contributed by atoms with Crippen molar-refractivity contribution in [2.75, 3.05) is 0 Å². The Kier molecular flexibility index (Phi) is 3.54. The minimum Gasteiger partial charge on any atom is -0.455 e. The average molecular weight is 314 g/mol. The van der Waals surface area contributed by atoms with Gasteiger partial charge in [0.05, 0.1) is 5.56 Å².